The van der Waals surface area contributed by atoms with E-state index in [1.807, 2.05) is 4.90 Å². The van der Waals surface area contributed by atoms with E-state index >= 15 is 0 Å². The number of carbonyl (C=O) groups excluding carboxylic acids is 1. The molecule has 130 valence electrons. The van der Waals surface area contributed by atoms with Gasteiger partial charge < -0.3 is 4.90 Å². The Morgan fingerprint density at radius 3 is 2.65 bits per heavy atom. The predicted octanol–water partition coefficient (Wildman–Crippen LogP) is 3.86. The lowest BCUT2D eigenvalue weighted by molar-refractivity contribution is -0.135. The van der Waals surface area contributed by atoms with Crippen molar-refractivity contribution in [2.45, 2.75) is 72.4 Å². The van der Waals surface area contributed by atoms with Gasteiger partial charge in [0.05, 0.1) is 12.1 Å². The van der Waals surface area contributed by atoms with Crippen LogP contribution in [0.3, 0.4) is 0 Å². The molecule has 2 heterocycles. The van der Waals surface area contributed by atoms with Gasteiger partial charge in [-0.15, -0.1) is 0 Å². The van der Waals surface area contributed by atoms with Gasteiger partial charge in [-0.05, 0) is 39.0 Å². The van der Waals surface area contributed by atoms with Gasteiger partial charge >= 0.3 is 6.55 Å². The highest BCUT2D eigenvalue weighted by Gasteiger charge is 2.32. The SMILES string of the molecule is CCC[C@H]1[C@@H](C)CCCN1C(=O)Cc1c(C)nn(C(F)F)c1C. The number of carbonyl (C=O) groups is 1. The molecule has 1 aliphatic rings. The highest BCUT2D eigenvalue weighted by atomic mass is 19.3. The maximum atomic E-state index is 12.9. The molecule has 1 saturated heterocycles. The molecule has 1 amide bonds. The fourth-order valence-corrected chi connectivity index (χ4v) is 3.69. The molecule has 2 atom stereocenters. The molecule has 0 bridgehead atoms. The van der Waals surface area contributed by atoms with E-state index in [9.17, 15) is 13.6 Å². The summed E-state index contributed by atoms with van der Waals surface area (Å²) in [7, 11) is 0. The third kappa shape index (κ3) is 3.72. The lowest BCUT2D eigenvalue weighted by atomic mass is 9.87. The third-order valence-corrected chi connectivity index (χ3v) is 5.01. The van der Waals surface area contributed by atoms with E-state index < -0.39 is 6.55 Å². The zero-order valence-electron chi connectivity index (χ0n) is 14.5. The number of nitrogens with zero attached hydrogens (tertiary/aromatic N) is 3. The largest absolute Gasteiger partial charge is 0.339 e. The van der Waals surface area contributed by atoms with Gasteiger partial charge in [-0.2, -0.15) is 13.9 Å². The van der Waals surface area contributed by atoms with Gasteiger partial charge in [0.1, 0.15) is 0 Å². The number of aromatic nitrogens is 2. The van der Waals surface area contributed by atoms with E-state index in [1.165, 1.54) is 0 Å². The van der Waals surface area contributed by atoms with E-state index in [1.54, 1.807) is 13.8 Å². The zero-order valence-corrected chi connectivity index (χ0v) is 14.5. The second kappa shape index (κ2) is 7.41. The molecular formula is C17H27F2N3O. The number of halogens is 2. The first-order valence-electron chi connectivity index (χ1n) is 8.49. The van der Waals surface area contributed by atoms with Crippen molar-refractivity contribution in [3.63, 3.8) is 0 Å². The van der Waals surface area contributed by atoms with Gasteiger partial charge in [0.15, 0.2) is 0 Å². The molecule has 1 aromatic heterocycles. The van der Waals surface area contributed by atoms with Crippen molar-refractivity contribution in [1.82, 2.24) is 14.7 Å². The summed E-state index contributed by atoms with van der Waals surface area (Å²) >= 11 is 0. The summed E-state index contributed by atoms with van der Waals surface area (Å²) in [5.74, 6) is 0.536. The monoisotopic (exact) mass is 327 g/mol. The van der Waals surface area contributed by atoms with Crippen LogP contribution in [-0.4, -0.2) is 33.2 Å². The number of likely N-dealkylation sites (tertiary alicyclic amines) is 1. The highest BCUT2D eigenvalue weighted by Crippen LogP contribution is 2.28. The minimum Gasteiger partial charge on any atom is -0.339 e. The zero-order chi connectivity index (χ0) is 17.1. The van der Waals surface area contributed by atoms with Gasteiger partial charge in [0.2, 0.25) is 5.91 Å². The van der Waals surface area contributed by atoms with Crippen molar-refractivity contribution in [1.29, 1.82) is 0 Å². The van der Waals surface area contributed by atoms with Crippen LogP contribution in [0.5, 0.6) is 0 Å². The quantitative estimate of drug-likeness (QED) is 0.823. The Morgan fingerprint density at radius 1 is 1.39 bits per heavy atom. The maximum Gasteiger partial charge on any atom is 0.333 e. The molecule has 2 rings (SSSR count). The maximum absolute atomic E-state index is 12.9. The smallest absolute Gasteiger partial charge is 0.333 e. The van der Waals surface area contributed by atoms with Crippen LogP contribution in [-0.2, 0) is 11.2 Å². The first kappa shape index (κ1) is 17.9. The van der Waals surface area contributed by atoms with Crippen LogP contribution in [0.15, 0.2) is 0 Å². The molecule has 0 unspecified atom stereocenters. The van der Waals surface area contributed by atoms with Crippen LogP contribution in [0.1, 0.15) is 63.0 Å². The molecular weight excluding hydrogens is 300 g/mol. The number of alkyl halides is 2. The Bertz CT molecular complexity index is 556. The molecule has 0 saturated carbocycles. The molecule has 6 heteroatoms. The molecule has 0 aliphatic carbocycles. The number of rotatable bonds is 5. The summed E-state index contributed by atoms with van der Waals surface area (Å²) in [5, 5.41) is 3.87. The topological polar surface area (TPSA) is 38.1 Å². The lowest BCUT2D eigenvalue weighted by Gasteiger charge is -2.40. The highest BCUT2D eigenvalue weighted by molar-refractivity contribution is 5.79. The molecule has 0 N–H and O–H groups in total. The van der Waals surface area contributed by atoms with E-state index in [-0.39, 0.29) is 18.4 Å². The second-order valence-electron chi connectivity index (χ2n) is 6.61. The molecule has 1 aliphatic heterocycles. The van der Waals surface area contributed by atoms with Gasteiger partial charge in [-0.1, -0.05) is 20.3 Å². The summed E-state index contributed by atoms with van der Waals surface area (Å²) in [6.07, 6.45) is 4.37. The van der Waals surface area contributed by atoms with Crippen LogP contribution in [0.25, 0.3) is 0 Å². The Balaban J connectivity index is 2.18. The van der Waals surface area contributed by atoms with Crippen molar-refractivity contribution in [3.05, 3.63) is 17.0 Å². The first-order chi connectivity index (χ1) is 10.9. The molecule has 0 aromatic carbocycles. The predicted molar refractivity (Wildman–Crippen MR) is 85.5 cm³/mol. The summed E-state index contributed by atoms with van der Waals surface area (Å²) in [6, 6.07) is 0.270. The van der Waals surface area contributed by atoms with Gasteiger partial charge in [-0.25, -0.2) is 4.68 Å². The Kier molecular flexibility index (Phi) is 5.76. The van der Waals surface area contributed by atoms with Crippen LogP contribution in [0, 0.1) is 19.8 Å². The fraction of sp³-hybridized carbons (Fsp3) is 0.765. The molecule has 1 aromatic rings. The van der Waals surface area contributed by atoms with Crippen LogP contribution in [0.2, 0.25) is 0 Å². The number of hydrogen-bond donors (Lipinski definition) is 0. The van der Waals surface area contributed by atoms with Gasteiger partial charge in [-0.3, -0.25) is 4.79 Å². The molecule has 1 fully saturated rings. The van der Waals surface area contributed by atoms with Crippen LogP contribution >= 0.6 is 0 Å². The Morgan fingerprint density at radius 2 is 2.09 bits per heavy atom. The standard InChI is InChI=1S/C17H27F2N3O/c1-5-7-15-11(2)8-6-9-21(15)16(23)10-14-12(3)20-22(13(14)4)17(18)19/h11,15,17H,5-10H2,1-4H3/t11-,15-/m0/s1. The van der Waals surface area contributed by atoms with Crippen LogP contribution in [0.4, 0.5) is 8.78 Å². The number of hydrogen-bond acceptors (Lipinski definition) is 2. The normalized spacial score (nSPS) is 22.0. The fourth-order valence-electron chi connectivity index (χ4n) is 3.69. The first-order valence-corrected chi connectivity index (χ1v) is 8.49. The average Bonchev–Trinajstić information content (AvgIpc) is 2.77. The number of aryl methyl sites for hydroxylation is 1. The summed E-state index contributed by atoms with van der Waals surface area (Å²) in [6.45, 7) is 5.74. The Hall–Kier alpha value is -1.46. The van der Waals surface area contributed by atoms with Crippen molar-refractivity contribution in [2.24, 2.45) is 5.92 Å². The van der Waals surface area contributed by atoms with Crippen molar-refractivity contribution in [2.75, 3.05) is 6.54 Å². The van der Waals surface area contributed by atoms with Crippen LogP contribution < -0.4 is 0 Å². The summed E-state index contributed by atoms with van der Waals surface area (Å²) < 4.78 is 26.6. The summed E-state index contributed by atoms with van der Waals surface area (Å²) in [4.78, 5) is 14.8. The van der Waals surface area contributed by atoms with Crippen molar-refractivity contribution in [3.8, 4) is 0 Å². The minimum absolute atomic E-state index is 0.0371. The molecule has 4 nitrogen and oxygen atoms in total. The van der Waals surface area contributed by atoms with Crippen molar-refractivity contribution >= 4 is 5.91 Å². The van der Waals surface area contributed by atoms with E-state index in [2.05, 4.69) is 18.9 Å². The van der Waals surface area contributed by atoms with E-state index in [4.69, 9.17) is 0 Å². The molecule has 0 radical (unpaired) electrons. The van der Waals surface area contributed by atoms with Gasteiger partial charge in [0, 0.05) is 23.8 Å². The average molecular weight is 327 g/mol. The van der Waals surface area contributed by atoms with E-state index in [0.717, 1.165) is 32.2 Å². The third-order valence-electron chi connectivity index (χ3n) is 5.01. The summed E-state index contributed by atoms with van der Waals surface area (Å²) in [5.41, 5.74) is 1.56. The van der Waals surface area contributed by atoms with Crippen molar-refractivity contribution < 1.29 is 13.6 Å². The van der Waals surface area contributed by atoms with Gasteiger partial charge in [0.25, 0.3) is 0 Å². The molecule has 23 heavy (non-hydrogen) atoms. The lowest BCUT2D eigenvalue weighted by Crippen LogP contribution is -2.48. The van der Waals surface area contributed by atoms with E-state index in [0.29, 0.717) is 27.6 Å². The number of piperidine rings is 1. The number of amides is 1. The molecule has 0 spiro atoms. The Labute approximate surface area is 136 Å². The minimum atomic E-state index is -2.67. The second-order valence-corrected chi connectivity index (χ2v) is 6.61.